The van der Waals surface area contributed by atoms with E-state index in [0.717, 1.165) is 18.2 Å². The molecular weight excluding hydrogens is 246 g/mol. The van der Waals surface area contributed by atoms with Gasteiger partial charge in [0.2, 0.25) is 0 Å². The lowest BCUT2D eigenvalue weighted by Gasteiger charge is -2.09. The van der Waals surface area contributed by atoms with E-state index in [1.165, 1.54) is 0 Å². The molecule has 1 atom stereocenters. The van der Waals surface area contributed by atoms with Gasteiger partial charge in [-0.05, 0) is 6.07 Å². The predicted molar refractivity (Wildman–Crippen MR) is 55.1 cm³/mol. The molecule has 0 fully saturated rings. The van der Waals surface area contributed by atoms with Gasteiger partial charge in [0.05, 0.1) is 21.9 Å². The number of aliphatic carboxylic acids is 1. The van der Waals surface area contributed by atoms with E-state index in [2.05, 4.69) is 5.73 Å². The molecule has 0 amide bonds. The highest BCUT2D eigenvalue weighted by molar-refractivity contribution is 5.70. The zero-order chi connectivity index (χ0) is 13.9. The summed E-state index contributed by atoms with van der Waals surface area (Å²) in [7, 11) is 0. The van der Waals surface area contributed by atoms with E-state index < -0.39 is 33.2 Å². The Balaban J connectivity index is 3.16. The summed E-state index contributed by atoms with van der Waals surface area (Å²) in [5, 5.41) is 31.7. The van der Waals surface area contributed by atoms with Crippen LogP contribution < -0.4 is 10.8 Å². The molecule has 1 aromatic carbocycles. The summed E-state index contributed by atoms with van der Waals surface area (Å²) in [6.45, 7) is 0. The van der Waals surface area contributed by atoms with Crippen molar-refractivity contribution in [1.82, 2.24) is 0 Å². The molecule has 0 radical (unpaired) electrons. The highest BCUT2D eigenvalue weighted by atomic mass is 16.6. The Morgan fingerprint density at radius 1 is 1.28 bits per heavy atom. The summed E-state index contributed by atoms with van der Waals surface area (Å²) in [6.07, 6.45) is -0.226. The summed E-state index contributed by atoms with van der Waals surface area (Å²) in [5.41, 5.74) is 2.41. The van der Waals surface area contributed by atoms with E-state index in [1.807, 2.05) is 0 Å². The van der Waals surface area contributed by atoms with Crippen molar-refractivity contribution in [1.29, 1.82) is 0 Å². The van der Waals surface area contributed by atoms with Gasteiger partial charge in [-0.2, -0.15) is 0 Å². The minimum atomic E-state index is -1.44. The third-order valence-corrected chi connectivity index (χ3v) is 2.28. The number of carbonyl (C=O) groups excluding carboxylic acids is 1. The Morgan fingerprint density at radius 3 is 2.33 bits per heavy atom. The Bertz CT molecular complexity index is 515. The molecule has 0 spiro atoms. The monoisotopic (exact) mass is 255 g/mol. The van der Waals surface area contributed by atoms with Crippen molar-refractivity contribution in [3.63, 3.8) is 0 Å². The fourth-order valence-electron chi connectivity index (χ4n) is 1.36. The number of benzene rings is 1. The Morgan fingerprint density at radius 2 is 1.89 bits per heavy atom. The summed E-state index contributed by atoms with van der Waals surface area (Å²) in [5.74, 6) is -1.44. The van der Waals surface area contributed by atoms with E-state index in [1.54, 1.807) is 0 Å². The molecule has 0 saturated carbocycles. The van der Waals surface area contributed by atoms with Crippen molar-refractivity contribution in [2.24, 2.45) is 0 Å². The summed E-state index contributed by atoms with van der Waals surface area (Å²) < 4.78 is 0. The minimum absolute atomic E-state index is 0.0646. The second-order valence-electron chi connectivity index (χ2n) is 3.55. The molecule has 0 aliphatic heterocycles. The first kappa shape index (κ1) is 13.5. The number of quaternary nitrogens is 1. The lowest BCUT2D eigenvalue weighted by atomic mass is 10.0. The number of carboxylic acid groups (broad SMARTS) is 1. The van der Waals surface area contributed by atoms with Gasteiger partial charge in [0, 0.05) is 18.1 Å². The lowest BCUT2D eigenvalue weighted by Crippen LogP contribution is -2.69. The van der Waals surface area contributed by atoms with E-state index >= 15 is 0 Å². The van der Waals surface area contributed by atoms with Crippen molar-refractivity contribution in [2.45, 2.75) is 12.5 Å². The number of hydrogen-bond acceptors (Lipinski definition) is 6. The SMILES string of the molecule is [NH3+][C@H](Cc1ccc([N+](=O)[O-])cc1[N+](=O)[O-])C(=O)[O-]. The van der Waals surface area contributed by atoms with Gasteiger partial charge in [-0.25, -0.2) is 0 Å². The molecule has 0 unspecified atom stereocenters. The molecule has 0 heterocycles. The smallest absolute Gasteiger partial charge is 0.279 e. The molecule has 1 rings (SSSR count). The van der Waals surface area contributed by atoms with Crippen LogP contribution in [0.15, 0.2) is 18.2 Å². The predicted octanol–water partition coefficient (Wildman–Crippen LogP) is -1.59. The zero-order valence-corrected chi connectivity index (χ0v) is 9.07. The number of nitro benzene ring substituents is 2. The number of rotatable bonds is 5. The van der Waals surface area contributed by atoms with Crippen LogP contribution in [0.1, 0.15) is 5.56 Å². The zero-order valence-electron chi connectivity index (χ0n) is 9.07. The van der Waals surface area contributed by atoms with E-state index in [9.17, 15) is 30.1 Å². The number of nitro groups is 2. The standard InChI is InChI=1S/C9H9N3O6/c10-7(9(13)14)3-5-1-2-6(11(15)16)4-8(5)12(17)18/h1-2,4,7H,3,10H2,(H,13,14)/t7-/m1/s1. The first-order chi connectivity index (χ1) is 8.32. The van der Waals surface area contributed by atoms with Crippen LogP contribution in [0, 0.1) is 20.2 Å². The fourth-order valence-corrected chi connectivity index (χ4v) is 1.36. The molecule has 0 aliphatic rings. The van der Waals surface area contributed by atoms with Crippen molar-refractivity contribution in [3.05, 3.63) is 44.0 Å². The van der Waals surface area contributed by atoms with Crippen LogP contribution in [-0.4, -0.2) is 21.9 Å². The minimum Gasteiger partial charge on any atom is -0.544 e. The van der Waals surface area contributed by atoms with Gasteiger partial charge in [0.25, 0.3) is 11.4 Å². The van der Waals surface area contributed by atoms with Crippen molar-refractivity contribution in [3.8, 4) is 0 Å². The van der Waals surface area contributed by atoms with Gasteiger partial charge in [-0.15, -0.1) is 0 Å². The number of nitrogens with zero attached hydrogens (tertiary/aromatic N) is 2. The third-order valence-electron chi connectivity index (χ3n) is 2.28. The quantitative estimate of drug-likeness (QED) is 0.493. The molecule has 3 N–H and O–H groups in total. The second kappa shape index (κ2) is 5.19. The fraction of sp³-hybridized carbons (Fsp3) is 0.222. The Hall–Kier alpha value is -2.55. The maximum atomic E-state index is 10.7. The summed E-state index contributed by atoms with van der Waals surface area (Å²) in [6, 6.07) is 1.85. The normalized spacial score (nSPS) is 11.8. The van der Waals surface area contributed by atoms with Crippen LogP contribution in [-0.2, 0) is 11.2 Å². The average molecular weight is 255 g/mol. The van der Waals surface area contributed by atoms with Crippen molar-refractivity contribution >= 4 is 17.3 Å². The molecule has 96 valence electrons. The first-order valence-corrected chi connectivity index (χ1v) is 4.78. The van der Waals surface area contributed by atoms with Crippen molar-refractivity contribution in [2.75, 3.05) is 0 Å². The van der Waals surface area contributed by atoms with Gasteiger partial charge in [-0.1, -0.05) is 0 Å². The van der Waals surface area contributed by atoms with Crippen LogP contribution >= 0.6 is 0 Å². The van der Waals surface area contributed by atoms with Crippen LogP contribution in [0.25, 0.3) is 0 Å². The molecule has 0 saturated heterocycles. The Labute approximate surface area is 100 Å². The second-order valence-corrected chi connectivity index (χ2v) is 3.55. The number of non-ortho nitro benzene ring substituents is 1. The van der Waals surface area contributed by atoms with Gasteiger partial charge in [0.1, 0.15) is 6.04 Å². The molecule has 18 heavy (non-hydrogen) atoms. The molecule has 0 bridgehead atoms. The van der Waals surface area contributed by atoms with Crippen molar-refractivity contribution < 1.29 is 25.5 Å². The Kier molecular flexibility index (Phi) is 3.89. The average Bonchev–Trinajstić information content (AvgIpc) is 2.28. The van der Waals surface area contributed by atoms with Crippen LogP contribution in [0.2, 0.25) is 0 Å². The van der Waals surface area contributed by atoms with Gasteiger partial charge < -0.3 is 15.6 Å². The maximum absolute atomic E-state index is 10.7. The molecule has 0 aromatic heterocycles. The van der Waals surface area contributed by atoms with E-state index in [0.29, 0.717) is 0 Å². The van der Waals surface area contributed by atoms with E-state index in [-0.39, 0.29) is 12.0 Å². The lowest BCUT2D eigenvalue weighted by molar-refractivity contribution is -0.437. The largest absolute Gasteiger partial charge is 0.544 e. The highest BCUT2D eigenvalue weighted by Crippen LogP contribution is 2.25. The van der Waals surface area contributed by atoms with Crippen LogP contribution in [0.4, 0.5) is 11.4 Å². The highest BCUT2D eigenvalue weighted by Gasteiger charge is 2.22. The summed E-state index contributed by atoms with van der Waals surface area (Å²) in [4.78, 5) is 30.2. The van der Waals surface area contributed by atoms with Gasteiger partial charge in [0.15, 0.2) is 0 Å². The molecular formula is C9H9N3O6. The molecule has 9 nitrogen and oxygen atoms in total. The first-order valence-electron chi connectivity index (χ1n) is 4.78. The van der Waals surface area contributed by atoms with E-state index in [4.69, 9.17) is 0 Å². The molecule has 9 heteroatoms. The topological polar surface area (TPSA) is 154 Å². The third kappa shape index (κ3) is 2.98. The van der Waals surface area contributed by atoms with Crippen LogP contribution in [0.3, 0.4) is 0 Å². The number of carboxylic acids is 1. The summed E-state index contributed by atoms with van der Waals surface area (Å²) >= 11 is 0. The van der Waals surface area contributed by atoms with Gasteiger partial charge in [-0.3, -0.25) is 20.2 Å². The number of hydrogen-bond donors (Lipinski definition) is 1. The van der Waals surface area contributed by atoms with Crippen LogP contribution in [0.5, 0.6) is 0 Å². The maximum Gasteiger partial charge on any atom is 0.279 e. The molecule has 1 aromatic rings. The molecule has 0 aliphatic carbocycles. The number of carbonyl (C=O) groups is 1. The van der Waals surface area contributed by atoms with Gasteiger partial charge >= 0.3 is 0 Å².